The van der Waals surface area contributed by atoms with Gasteiger partial charge < -0.3 is 4.74 Å². The second kappa shape index (κ2) is 2.85. The number of methoxy groups -OCH3 is 1. The molecule has 0 bridgehead atoms. The van der Waals surface area contributed by atoms with Crippen LogP contribution in [-0.2, 0) is 9.53 Å². The highest BCUT2D eigenvalue weighted by Crippen LogP contribution is 2.24. The smallest absolute Gasteiger partial charge is 0.308 e. The van der Waals surface area contributed by atoms with E-state index in [1.54, 1.807) is 0 Å². The summed E-state index contributed by atoms with van der Waals surface area (Å²) in [5, 5.41) is 0. The maximum atomic E-state index is 10.8. The van der Waals surface area contributed by atoms with Crippen LogP contribution in [0.5, 0.6) is 0 Å². The van der Waals surface area contributed by atoms with E-state index in [0.29, 0.717) is 0 Å². The summed E-state index contributed by atoms with van der Waals surface area (Å²) in [7, 11) is 1.45. The number of hydrogen-bond donors (Lipinski definition) is 0. The lowest BCUT2D eigenvalue weighted by molar-refractivity contribution is -0.145. The average Bonchev–Trinajstić information content (AvgIpc) is 2.37. The van der Waals surface area contributed by atoms with Crippen LogP contribution in [0.4, 0.5) is 0 Å². The van der Waals surface area contributed by atoms with Crippen molar-refractivity contribution in [2.45, 2.75) is 19.3 Å². The number of hydrogen-bond acceptors (Lipinski definition) is 2. The van der Waals surface area contributed by atoms with E-state index in [2.05, 4.69) is 11.2 Å². The third-order valence-electron chi connectivity index (χ3n) is 1.70. The molecule has 9 heavy (non-hydrogen) atoms. The first-order valence-electron chi connectivity index (χ1n) is 3.24. The fraction of sp³-hybridized carbons (Fsp3) is 0.714. The minimum Gasteiger partial charge on any atom is -0.469 e. The Labute approximate surface area is 55.2 Å². The van der Waals surface area contributed by atoms with Gasteiger partial charge in [-0.25, -0.2) is 0 Å². The van der Waals surface area contributed by atoms with E-state index >= 15 is 0 Å². The molecule has 0 unspecified atom stereocenters. The minimum atomic E-state index is -0.0521. The molecule has 0 aromatic heterocycles. The maximum Gasteiger partial charge on any atom is 0.308 e. The number of rotatable bonds is 1. The second-order valence-electron chi connectivity index (χ2n) is 2.32. The van der Waals surface area contributed by atoms with E-state index in [9.17, 15) is 4.79 Å². The van der Waals surface area contributed by atoms with Crippen molar-refractivity contribution < 1.29 is 9.53 Å². The fourth-order valence-corrected chi connectivity index (χ4v) is 1.14. The predicted octanol–water partition coefficient (Wildman–Crippen LogP) is 1.16. The van der Waals surface area contributed by atoms with Gasteiger partial charge in [0.05, 0.1) is 13.0 Å². The Morgan fingerprint density at radius 2 is 2.56 bits per heavy atom. The van der Waals surface area contributed by atoms with Gasteiger partial charge in [-0.1, -0.05) is 0 Å². The highest BCUT2D eigenvalue weighted by atomic mass is 16.5. The van der Waals surface area contributed by atoms with Gasteiger partial charge in [0.1, 0.15) is 0 Å². The zero-order valence-electron chi connectivity index (χ0n) is 5.59. The second-order valence-corrected chi connectivity index (χ2v) is 2.32. The Hall–Kier alpha value is -0.530. The van der Waals surface area contributed by atoms with E-state index in [4.69, 9.17) is 0 Å². The van der Waals surface area contributed by atoms with Crippen molar-refractivity contribution in [3.8, 4) is 0 Å². The summed E-state index contributed by atoms with van der Waals surface area (Å²) in [5.74, 6) is 0.110. The van der Waals surface area contributed by atoms with Crippen molar-refractivity contribution in [2.75, 3.05) is 7.11 Å². The molecule has 0 heterocycles. The molecule has 0 saturated heterocycles. The van der Waals surface area contributed by atoms with Crippen molar-refractivity contribution in [1.82, 2.24) is 0 Å². The summed E-state index contributed by atoms with van der Waals surface area (Å²) in [6, 6.07) is 0. The summed E-state index contributed by atoms with van der Waals surface area (Å²) < 4.78 is 4.58. The summed E-state index contributed by atoms with van der Waals surface area (Å²) in [4.78, 5) is 10.8. The molecule has 1 aliphatic rings. The van der Waals surface area contributed by atoms with Crippen molar-refractivity contribution in [1.29, 1.82) is 0 Å². The molecule has 0 aliphatic heterocycles. The normalized spacial score (nSPS) is 20.1. The van der Waals surface area contributed by atoms with Crippen LogP contribution in [0, 0.1) is 12.3 Å². The summed E-state index contributed by atoms with van der Waals surface area (Å²) in [6.45, 7) is 0. The van der Waals surface area contributed by atoms with E-state index in [0.717, 1.165) is 19.3 Å². The SMILES string of the molecule is COC(=O)[C@@H]1C[CH]CC1. The lowest BCUT2D eigenvalue weighted by Gasteiger charge is -2.03. The summed E-state index contributed by atoms with van der Waals surface area (Å²) >= 11 is 0. The van der Waals surface area contributed by atoms with Crippen molar-refractivity contribution >= 4 is 5.97 Å². The third kappa shape index (κ3) is 1.44. The molecule has 1 fully saturated rings. The van der Waals surface area contributed by atoms with E-state index in [-0.39, 0.29) is 11.9 Å². The monoisotopic (exact) mass is 127 g/mol. The molecular formula is C7H11O2. The molecule has 0 aromatic carbocycles. The van der Waals surface area contributed by atoms with Crippen molar-refractivity contribution in [3.05, 3.63) is 6.42 Å². The van der Waals surface area contributed by atoms with Gasteiger partial charge in [0.2, 0.25) is 0 Å². The van der Waals surface area contributed by atoms with Crippen LogP contribution in [0.15, 0.2) is 0 Å². The fourth-order valence-electron chi connectivity index (χ4n) is 1.14. The Morgan fingerprint density at radius 1 is 1.78 bits per heavy atom. The molecule has 1 rings (SSSR count). The van der Waals surface area contributed by atoms with Crippen LogP contribution in [-0.4, -0.2) is 13.1 Å². The Kier molecular flexibility index (Phi) is 2.09. The first-order valence-corrected chi connectivity index (χ1v) is 3.24. The molecular weight excluding hydrogens is 116 g/mol. The van der Waals surface area contributed by atoms with Gasteiger partial charge in [-0.15, -0.1) is 0 Å². The lowest BCUT2D eigenvalue weighted by atomic mass is 10.1. The van der Waals surface area contributed by atoms with Crippen LogP contribution in [0.1, 0.15) is 19.3 Å². The summed E-state index contributed by atoms with van der Waals surface area (Å²) in [6.07, 6.45) is 5.10. The Balaban J connectivity index is 2.32. The molecule has 1 saturated carbocycles. The molecule has 1 radical (unpaired) electrons. The molecule has 0 aromatic rings. The molecule has 2 nitrogen and oxygen atoms in total. The van der Waals surface area contributed by atoms with Gasteiger partial charge in [-0.2, -0.15) is 0 Å². The van der Waals surface area contributed by atoms with Gasteiger partial charge in [-0.05, 0) is 25.7 Å². The quantitative estimate of drug-likeness (QED) is 0.494. The Morgan fingerprint density at radius 3 is 3.00 bits per heavy atom. The van der Waals surface area contributed by atoms with Gasteiger partial charge in [0.15, 0.2) is 0 Å². The topological polar surface area (TPSA) is 26.3 Å². The molecule has 2 heteroatoms. The van der Waals surface area contributed by atoms with Crippen LogP contribution in [0.2, 0.25) is 0 Å². The zero-order valence-corrected chi connectivity index (χ0v) is 5.59. The van der Waals surface area contributed by atoms with Crippen LogP contribution < -0.4 is 0 Å². The first-order chi connectivity index (χ1) is 4.34. The van der Waals surface area contributed by atoms with E-state index in [1.165, 1.54) is 7.11 Å². The standard InChI is InChI=1S/C7H11O2/c1-9-7(8)6-4-2-3-5-6/h2,6H,3-5H2,1H3/t6-/m1/s1. The first kappa shape index (κ1) is 6.59. The maximum absolute atomic E-state index is 10.8. The third-order valence-corrected chi connectivity index (χ3v) is 1.70. The van der Waals surface area contributed by atoms with Gasteiger partial charge in [-0.3, -0.25) is 4.79 Å². The molecule has 0 spiro atoms. The van der Waals surface area contributed by atoms with Crippen molar-refractivity contribution in [3.63, 3.8) is 0 Å². The highest BCUT2D eigenvalue weighted by Gasteiger charge is 2.22. The van der Waals surface area contributed by atoms with E-state index < -0.39 is 0 Å². The van der Waals surface area contributed by atoms with E-state index in [1.807, 2.05) is 0 Å². The lowest BCUT2D eigenvalue weighted by Crippen LogP contribution is -2.11. The zero-order chi connectivity index (χ0) is 6.69. The number of carbonyl (C=O) groups excluding carboxylic acids is 1. The number of carbonyl (C=O) groups is 1. The number of ether oxygens (including phenoxy) is 1. The minimum absolute atomic E-state index is 0.0521. The van der Waals surface area contributed by atoms with Gasteiger partial charge >= 0.3 is 5.97 Å². The van der Waals surface area contributed by atoms with Crippen molar-refractivity contribution in [2.24, 2.45) is 5.92 Å². The highest BCUT2D eigenvalue weighted by molar-refractivity contribution is 5.72. The van der Waals surface area contributed by atoms with Crippen LogP contribution in [0.25, 0.3) is 0 Å². The molecule has 1 aliphatic carbocycles. The van der Waals surface area contributed by atoms with Crippen LogP contribution >= 0.6 is 0 Å². The van der Waals surface area contributed by atoms with Crippen LogP contribution in [0.3, 0.4) is 0 Å². The molecule has 1 atom stereocenters. The number of esters is 1. The largest absolute Gasteiger partial charge is 0.469 e. The molecule has 51 valence electrons. The molecule has 0 amide bonds. The molecule has 0 N–H and O–H groups in total. The average molecular weight is 127 g/mol. The summed E-state index contributed by atoms with van der Waals surface area (Å²) in [5.41, 5.74) is 0. The predicted molar refractivity (Wildman–Crippen MR) is 33.7 cm³/mol. The van der Waals surface area contributed by atoms with Gasteiger partial charge in [0, 0.05) is 0 Å². The Bertz CT molecular complexity index is 103. The van der Waals surface area contributed by atoms with Gasteiger partial charge in [0.25, 0.3) is 0 Å².